The third-order valence-electron chi connectivity index (χ3n) is 5.73. The van der Waals surface area contributed by atoms with Crippen LogP contribution in [0.2, 0.25) is 5.02 Å². The first-order valence-electron chi connectivity index (χ1n) is 11.1. The van der Waals surface area contributed by atoms with E-state index in [1.807, 2.05) is 0 Å². The second-order valence-electron chi connectivity index (χ2n) is 8.18. The highest BCUT2D eigenvalue weighted by atomic mass is 35.5. The van der Waals surface area contributed by atoms with Gasteiger partial charge in [-0.25, -0.2) is 4.79 Å². The van der Waals surface area contributed by atoms with Crippen LogP contribution in [0.4, 0.5) is 4.79 Å². The van der Waals surface area contributed by atoms with Crippen LogP contribution in [-0.2, 0) is 16.2 Å². The molecular formula is C25H23ClN2O7S. The van der Waals surface area contributed by atoms with Gasteiger partial charge in [-0.15, -0.1) is 0 Å². The number of rotatable bonds is 8. The van der Waals surface area contributed by atoms with Crippen LogP contribution >= 0.6 is 23.4 Å². The van der Waals surface area contributed by atoms with Gasteiger partial charge in [0, 0.05) is 13.1 Å². The monoisotopic (exact) mass is 530 g/mol. The van der Waals surface area contributed by atoms with E-state index in [2.05, 4.69) is 0 Å². The summed E-state index contributed by atoms with van der Waals surface area (Å²) in [6, 6.07) is 9.51. The Morgan fingerprint density at radius 1 is 1.17 bits per heavy atom. The minimum atomic E-state index is -1.04. The maximum Gasteiger partial charge on any atom is 0.335 e. The number of benzene rings is 2. The second-order valence-corrected chi connectivity index (χ2v) is 9.58. The van der Waals surface area contributed by atoms with Gasteiger partial charge >= 0.3 is 5.97 Å². The summed E-state index contributed by atoms with van der Waals surface area (Å²) in [6.07, 6.45) is 3.36. The number of likely N-dealkylation sites (tertiary alicyclic amines) is 1. The fourth-order valence-corrected chi connectivity index (χ4v) is 5.01. The number of methoxy groups -OCH3 is 1. The molecule has 0 aromatic heterocycles. The molecule has 2 aromatic rings. The number of carbonyl (C=O) groups excluding carboxylic acids is 3. The quantitative estimate of drug-likeness (QED) is 0.503. The largest absolute Gasteiger partial charge is 0.493 e. The zero-order valence-corrected chi connectivity index (χ0v) is 20.9. The fourth-order valence-electron chi connectivity index (χ4n) is 3.90. The molecule has 0 unspecified atom stereocenters. The number of amides is 3. The van der Waals surface area contributed by atoms with Gasteiger partial charge in [0.25, 0.3) is 11.1 Å². The molecule has 2 heterocycles. The number of nitrogens with zero attached hydrogens (tertiary/aromatic N) is 2. The zero-order chi connectivity index (χ0) is 25.8. The van der Waals surface area contributed by atoms with Gasteiger partial charge < -0.3 is 19.5 Å². The Labute approximate surface area is 216 Å². The van der Waals surface area contributed by atoms with Crippen LogP contribution in [0.15, 0.2) is 41.3 Å². The summed E-state index contributed by atoms with van der Waals surface area (Å²) < 4.78 is 11.2. The number of aromatic carboxylic acids is 1. The van der Waals surface area contributed by atoms with Crippen LogP contribution < -0.4 is 9.47 Å². The van der Waals surface area contributed by atoms with Gasteiger partial charge in [0.2, 0.25) is 5.91 Å². The first-order chi connectivity index (χ1) is 17.3. The summed E-state index contributed by atoms with van der Waals surface area (Å²) in [5.41, 5.74) is 1.28. The van der Waals surface area contributed by atoms with Gasteiger partial charge in [-0.2, -0.15) is 0 Å². The molecule has 36 heavy (non-hydrogen) atoms. The number of hydrogen-bond donors (Lipinski definition) is 1. The van der Waals surface area contributed by atoms with E-state index in [0.717, 1.165) is 29.5 Å². The van der Waals surface area contributed by atoms with Crippen molar-refractivity contribution in [3.63, 3.8) is 0 Å². The van der Waals surface area contributed by atoms with E-state index in [9.17, 15) is 19.2 Å². The SMILES string of the molecule is COc1cc(/C=C2/SC(=O)N(CC(=O)N3CCCC3)C2=O)cc(Cl)c1OCc1cccc(C(=O)O)c1. The highest BCUT2D eigenvalue weighted by molar-refractivity contribution is 8.18. The molecule has 1 N–H and O–H groups in total. The maximum atomic E-state index is 12.8. The van der Waals surface area contributed by atoms with Gasteiger partial charge in [-0.05, 0) is 66.1 Å². The lowest BCUT2D eigenvalue weighted by molar-refractivity contribution is -0.135. The van der Waals surface area contributed by atoms with Crippen LogP contribution in [-0.4, -0.2) is 64.7 Å². The van der Waals surface area contributed by atoms with E-state index in [1.54, 1.807) is 29.2 Å². The average Bonchev–Trinajstić information content (AvgIpc) is 3.48. The van der Waals surface area contributed by atoms with E-state index in [4.69, 9.17) is 26.2 Å². The topological polar surface area (TPSA) is 113 Å². The Balaban J connectivity index is 1.49. The number of thioether (sulfide) groups is 1. The van der Waals surface area contributed by atoms with Crippen molar-refractivity contribution >= 4 is 52.5 Å². The molecule has 2 fully saturated rings. The molecule has 0 saturated carbocycles. The Morgan fingerprint density at radius 3 is 2.61 bits per heavy atom. The molecule has 0 spiro atoms. The third-order valence-corrected chi connectivity index (χ3v) is 6.92. The number of carbonyl (C=O) groups is 4. The average molecular weight is 531 g/mol. The highest BCUT2D eigenvalue weighted by Crippen LogP contribution is 2.39. The molecule has 188 valence electrons. The van der Waals surface area contributed by atoms with Gasteiger partial charge in [-0.3, -0.25) is 19.3 Å². The molecule has 0 radical (unpaired) electrons. The van der Waals surface area contributed by atoms with Gasteiger partial charge in [0.1, 0.15) is 13.2 Å². The van der Waals surface area contributed by atoms with Gasteiger partial charge in [0.15, 0.2) is 11.5 Å². The summed E-state index contributed by atoms with van der Waals surface area (Å²) in [5.74, 6) is -1.27. The highest BCUT2D eigenvalue weighted by Gasteiger charge is 2.37. The molecule has 4 rings (SSSR count). The smallest absolute Gasteiger partial charge is 0.335 e. The van der Waals surface area contributed by atoms with E-state index >= 15 is 0 Å². The van der Waals surface area contributed by atoms with Gasteiger partial charge in [0.05, 0.1) is 22.6 Å². The first-order valence-corrected chi connectivity index (χ1v) is 12.3. The van der Waals surface area contributed by atoms with Crippen molar-refractivity contribution in [2.75, 3.05) is 26.7 Å². The molecule has 2 aliphatic heterocycles. The molecule has 0 aliphatic carbocycles. The fraction of sp³-hybridized carbons (Fsp3) is 0.280. The Kier molecular flexibility index (Phi) is 7.85. The molecule has 9 nitrogen and oxygen atoms in total. The standard InChI is InChI=1S/C25H23ClN2O7S/c1-34-19-11-16(10-18(26)22(19)35-14-15-5-4-6-17(9-15)24(31)32)12-20-23(30)28(25(33)36-20)13-21(29)27-7-2-3-8-27/h4-6,9-12H,2-3,7-8,13-14H2,1H3,(H,31,32)/b20-12+. The molecule has 3 amide bonds. The Hall–Kier alpha value is -3.50. The number of ether oxygens (including phenoxy) is 2. The van der Waals surface area contributed by atoms with E-state index in [1.165, 1.54) is 25.3 Å². The van der Waals surface area contributed by atoms with Crippen LogP contribution in [0.3, 0.4) is 0 Å². The molecule has 2 saturated heterocycles. The molecule has 0 bridgehead atoms. The maximum absolute atomic E-state index is 12.8. The van der Waals surface area contributed by atoms with Gasteiger partial charge in [-0.1, -0.05) is 23.7 Å². The van der Waals surface area contributed by atoms with Crippen molar-refractivity contribution in [1.29, 1.82) is 0 Å². The predicted molar refractivity (Wildman–Crippen MR) is 134 cm³/mol. The number of hydrogen-bond acceptors (Lipinski definition) is 7. The minimum absolute atomic E-state index is 0.0560. The molecule has 0 atom stereocenters. The summed E-state index contributed by atoms with van der Waals surface area (Å²) in [6.45, 7) is 1.06. The van der Waals surface area contributed by atoms with Crippen molar-refractivity contribution in [2.45, 2.75) is 19.4 Å². The zero-order valence-electron chi connectivity index (χ0n) is 19.4. The van der Waals surface area contributed by atoms with Crippen molar-refractivity contribution < 1.29 is 33.8 Å². The first kappa shape index (κ1) is 25.6. The van der Waals surface area contributed by atoms with E-state index < -0.39 is 17.1 Å². The van der Waals surface area contributed by atoms with Crippen molar-refractivity contribution in [2.24, 2.45) is 0 Å². The predicted octanol–water partition coefficient (Wildman–Crippen LogP) is 4.28. The summed E-state index contributed by atoms with van der Waals surface area (Å²) in [7, 11) is 1.44. The molecule has 11 heteroatoms. The third kappa shape index (κ3) is 5.66. The van der Waals surface area contributed by atoms with Crippen LogP contribution in [0.1, 0.15) is 34.3 Å². The lowest BCUT2D eigenvalue weighted by Gasteiger charge is -2.18. The number of carboxylic acid groups (broad SMARTS) is 1. The molecular weight excluding hydrogens is 508 g/mol. The summed E-state index contributed by atoms with van der Waals surface area (Å²) >= 11 is 7.19. The van der Waals surface area contributed by atoms with E-state index in [0.29, 0.717) is 30.0 Å². The Bertz CT molecular complexity index is 1260. The molecule has 2 aromatic carbocycles. The number of imide groups is 1. The van der Waals surface area contributed by atoms with Crippen molar-refractivity contribution in [3.05, 3.63) is 63.0 Å². The molecule has 2 aliphatic rings. The number of carboxylic acids is 1. The lowest BCUT2D eigenvalue weighted by Crippen LogP contribution is -2.40. The van der Waals surface area contributed by atoms with E-state index in [-0.39, 0.29) is 40.3 Å². The number of halogens is 1. The summed E-state index contributed by atoms with van der Waals surface area (Å²) in [4.78, 5) is 51.6. The van der Waals surface area contributed by atoms with Crippen LogP contribution in [0.25, 0.3) is 6.08 Å². The van der Waals surface area contributed by atoms with Crippen LogP contribution in [0, 0.1) is 0 Å². The lowest BCUT2D eigenvalue weighted by atomic mass is 10.1. The normalized spacial score (nSPS) is 16.7. The van der Waals surface area contributed by atoms with Crippen molar-refractivity contribution in [3.8, 4) is 11.5 Å². The minimum Gasteiger partial charge on any atom is -0.493 e. The Morgan fingerprint density at radius 2 is 1.92 bits per heavy atom. The van der Waals surface area contributed by atoms with Crippen LogP contribution in [0.5, 0.6) is 11.5 Å². The van der Waals surface area contributed by atoms with Crippen molar-refractivity contribution in [1.82, 2.24) is 9.80 Å². The summed E-state index contributed by atoms with van der Waals surface area (Å²) in [5, 5.41) is 8.86. The second kappa shape index (κ2) is 11.0.